The second-order valence-corrected chi connectivity index (χ2v) is 7.36. The molecule has 3 N–H and O–H groups in total. The highest BCUT2D eigenvalue weighted by molar-refractivity contribution is 5.89. The number of benzene rings is 2. The van der Waals surface area contributed by atoms with Gasteiger partial charge in [0.1, 0.15) is 24.4 Å². The Balaban J connectivity index is 2.01. The van der Waals surface area contributed by atoms with E-state index in [1.165, 1.54) is 19.2 Å². The predicted molar refractivity (Wildman–Crippen MR) is 119 cm³/mol. The third-order valence-corrected chi connectivity index (χ3v) is 4.85. The van der Waals surface area contributed by atoms with E-state index >= 15 is 0 Å². The van der Waals surface area contributed by atoms with Gasteiger partial charge in [0, 0.05) is 6.42 Å². The van der Waals surface area contributed by atoms with Crippen molar-refractivity contribution in [3.63, 3.8) is 0 Å². The number of rotatable bonds is 11. The van der Waals surface area contributed by atoms with Crippen molar-refractivity contribution >= 4 is 18.0 Å². The molecule has 32 heavy (non-hydrogen) atoms. The number of hydrogen-bond acceptors (Lipinski definition) is 6. The first-order valence-electron chi connectivity index (χ1n) is 10.6. The van der Waals surface area contributed by atoms with E-state index in [4.69, 9.17) is 9.47 Å². The molecule has 0 aliphatic carbocycles. The molecule has 0 aromatic heterocycles. The van der Waals surface area contributed by atoms with Crippen LogP contribution >= 0.6 is 0 Å². The van der Waals surface area contributed by atoms with Crippen molar-refractivity contribution in [3.8, 4) is 5.75 Å². The fourth-order valence-corrected chi connectivity index (χ4v) is 3.06. The minimum absolute atomic E-state index is 0.0838. The fourth-order valence-electron chi connectivity index (χ4n) is 3.06. The molecule has 0 bridgehead atoms. The van der Waals surface area contributed by atoms with Crippen LogP contribution in [0.25, 0.3) is 0 Å². The van der Waals surface area contributed by atoms with Gasteiger partial charge in [-0.05, 0) is 29.7 Å². The number of phenolic OH excluding ortho intramolecular Hbond substituents is 1. The van der Waals surface area contributed by atoms with Gasteiger partial charge in [-0.2, -0.15) is 0 Å². The van der Waals surface area contributed by atoms with Crippen LogP contribution in [0.3, 0.4) is 0 Å². The van der Waals surface area contributed by atoms with Gasteiger partial charge in [0.05, 0.1) is 7.11 Å². The Morgan fingerprint density at radius 3 is 2.25 bits per heavy atom. The van der Waals surface area contributed by atoms with Crippen LogP contribution in [0.2, 0.25) is 0 Å². The van der Waals surface area contributed by atoms with Crippen LogP contribution in [0.5, 0.6) is 5.75 Å². The van der Waals surface area contributed by atoms with Crippen LogP contribution in [0.1, 0.15) is 37.3 Å². The Hall–Kier alpha value is -3.55. The molecule has 0 unspecified atom stereocenters. The Bertz CT molecular complexity index is 870. The lowest BCUT2D eigenvalue weighted by Gasteiger charge is -2.22. The zero-order chi connectivity index (χ0) is 23.3. The van der Waals surface area contributed by atoms with Crippen molar-refractivity contribution in [2.24, 2.45) is 0 Å². The molecule has 2 amide bonds. The number of nitrogens with one attached hydrogen (secondary N) is 2. The number of esters is 1. The number of amides is 2. The summed E-state index contributed by atoms with van der Waals surface area (Å²) in [5.41, 5.74) is 1.57. The number of unbranched alkanes of at least 4 members (excludes halogenated alkanes) is 1. The topological polar surface area (TPSA) is 114 Å². The van der Waals surface area contributed by atoms with Gasteiger partial charge in [0.25, 0.3) is 0 Å². The average Bonchev–Trinajstić information content (AvgIpc) is 2.81. The number of hydrogen-bond donors (Lipinski definition) is 3. The van der Waals surface area contributed by atoms with Gasteiger partial charge in [-0.1, -0.05) is 62.2 Å². The average molecular weight is 443 g/mol. The summed E-state index contributed by atoms with van der Waals surface area (Å²) in [6, 6.07) is 13.7. The van der Waals surface area contributed by atoms with E-state index in [1.807, 2.05) is 37.3 Å². The van der Waals surface area contributed by atoms with Crippen molar-refractivity contribution in [1.82, 2.24) is 10.6 Å². The lowest BCUT2D eigenvalue weighted by Crippen LogP contribution is -2.52. The van der Waals surface area contributed by atoms with Gasteiger partial charge in [-0.15, -0.1) is 0 Å². The van der Waals surface area contributed by atoms with Crippen molar-refractivity contribution in [2.45, 2.75) is 51.3 Å². The Morgan fingerprint density at radius 2 is 1.62 bits per heavy atom. The number of methoxy groups -OCH3 is 1. The third kappa shape index (κ3) is 8.29. The fraction of sp³-hybridized carbons (Fsp3) is 0.375. The number of ether oxygens (including phenoxy) is 2. The highest BCUT2D eigenvalue weighted by Gasteiger charge is 2.27. The molecule has 172 valence electrons. The number of carbonyl (C=O) groups excluding carboxylic acids is 3. The van der Waals surface area contributed by atoms with Gasteiger partial charge in [0.15, 0.2) is 0 Å². The standard InChI is InChI=1S/C24H30N2O6/c1-3-4-10-20(26-24(30)32-16-18-8-6-5-7-9-18)22(28)25-21(23(29)31-2)15-17-11-13-19(27)14-12-17/h5-9,11-14,20-21,27H,3-4,10,15-16H2,1-2H3,(H,25,28)(H,26,30)/t20-,21-/m0/s1. The summed E-state index contributed by atoms with van der Waals surface area (Å²) in [5.74, 6) is -0.998. The Labute approximate surface area is 187 Å². The zero-order valence-electron chi connectivity index (χ0n) is 18.4. The molecule has 8 nitrogen and oxygen atoms in total. The first-order chi connectivity index (χ1) is 15.4. The van der Waals surface area contributed by atoms with E-state index in [1.54, 1.807) is 12.1 Å². The zero-order valence-corrected chi connectivity index (χ0v) is 18.4. The van der Waals surface area contributed by atoms with E-state index in [9.17, 15) is 19.5 Å². The largest absolute Gasteiger partial charge is 0.508 e. The van der Waals surface area contributed by atoms with Crippen molar-refractivity contribution in [1.29, 1.82) is 0 Å². The number of carbonyl (C=O) groups is 3. The van der Waals surface area contributed by atoms with E-state index in [-0.39, 0.29) is 18.8 Å². The molecule has 0 radical (unpaired) electrons. The quantitative estimate of drug-likeness (QED) is 0.461. The molecule has 0 saturated carbocycles. The molecule has 2 atom stereocenters. The number of aromatic hydroxyl groups is 1. The van der Waals surface area contributed by atoms with Crippen LogP contribution in [0.15, 0.2) is 54.6 Å². The SMILES string of the molecule is CCCC[C@H](NC(=O)OCc1ccccc1)C(=O)N[C@@H](Cc1ccc(O)cc1)C(=O)OC. The van der Waals surface area contributed by atoms with Crippen LogP contribution in [-0.2, 0) is 32.1 Å². The molecular formula is C24H30N2O6. The Kier molecular flexibility index (Phi) is 10.0. The van der Waals surface area contributed by atoms with Crippen molar-refractivity contribution in [3.05, 3.63) is 65.7 Å². The molecule has 0 heterocycles. The van der Waals surface area contributed by atoms with Crippen LogP contribution < -0.4 is 10.6 Å². The summed E-state index contributed by atoms with van der Waals surface area (Å²) >= 11 is 0. The molecule has 2 rings (SSSR count). The molecule has 0 aliphatic heterocycles. The monoisotopic (exact) mass is 442 g/mol. The first-order valence-corrected chi connectivity index (χ1v) is 10.6. The molecule has 0 fully saturated rings. The highest BCUT2D eigenvalue weighted by Crippen LogP contribution is 2.12. The second kappa shape index (κ2) is 13.0. The molecule has 2 aromatic carbocycles. The van der Waals surface area contributed by atoms with Crippen molar-refractivity contribution in [2.75, 3.05) is 7.11 Å². The summed E-state index contributed by atoms with van der Waals surface area (Å²) < 4.78 is 10.0. The van der Waals surface area contributed by atoms with Gasteiger partial charge in [-0.25, -0.2) is 9.59 Å². The third-order valence-electron chi connectivity index (χ3n) is 4.85. The van der Waals surface area contributed by atoms with Gasteiger partial charge in [-0.3, -0.25) is 4.79 Å². The van der Waals surface area contributed by atoms with Gasteiger partial charge in [0.2, 0.25) is 5.91 Å². The summed E-state index contributed by atoms with van der Waals surface area (Å²) in [6.07, 6.45) is 1.41. The number of alkyl carbamates (subject to hydrolysis) is 1. The van der Waals surface area contributed by atoms with E-state index in [0.717, 1.165) is 17.5 Å². The van der Waals surface area contributed by atoms with E-state index in [0.29, 0.717) is 12.8 Å². The van der Waals surface area contributed by atoms with Crippen LogP contribution in [0.4, 0.5) is 4.79 Å². The second-order valence-electron chi connectivity index (χ2n) is 7.36. The number of phenols is 1. The van der Waals surface area contributed by atoms with Crippen LogP contribution in [0, 0.1) is 0 Å². The van der Waals surface area contributed by atoms with Gasteiger partial charge >= 0.3 is 12.1 Å². The minimum atomic E-state index is -0.941. The first kappa shape index (κ1) is 24.7. The van der Waals surface area contributed by atoms with Crippen LogP contribution in [-0.4, -0.2) is 42.3 Å². The lowest BCUT2D eigenvalue weighted by molar-refractivity contribution is -0.145. The highest BCUT2D eigenvalue weighted by atomic mass is 16.5. The summed E-state index contributed by atoms with van der Waals surface area (Å²) in [4.78, 5) is 37.4. The van der Waals surface area contributed by atoms with Crippen molar-refractivity contribution < 1.29 is 29.0 Å². The molecular weight excluding hydrogens is 412 g/mol. The lowest BCUT2D eigenvalue weighted by atomic mass is 10.0. The predicted octanol–water partition coefficient (Wildman–Crippen LogP) is 3.08. The maximum Gasteiger partial charge on any atom is 0.408 e. The maximum atomic E-state index is 12.9. The summed E-state index contributed by atoms with van der Waals surface area (Å²) in [6.45, 7) is 2.06. The minimum Gasteiger partial charge on any atom is -0.508 e. The normalized spacial score (nSPS) is 12.3. The molecule has 0 aliphatic rings. The molecule has 2 aromatic rings. The smallest absolute Gasteiger partial charge is 0.408 e. The summed E-state index contributed by atoms with van der Waals surface area (Å²) in [5, 5.41) is 14.7. The summed E-state index contributed by atoms with van der Waals surface area (Å²) in [7, 11) is 1.24. The molecule has 0 saturated heterocycles. The van der Waals surface area contributed by atoms with E-state index in [2.05, 4.69) is 10.6 Å². The van der Waals surface area contributed by atoms with Gasteiger partial charge < -0.3 is 25.2 Å². The van der Waals surface area contributed by atoms with E-state index < -0.39 is 30.1 Å². The molecule has 8 heteroatoms. The Morgan fingerprint density at radius 1 is 0.938 bits per heavy atom. The molecule has 0 spiro atoms. The maximum absolute atomic E-state index is 12.9.